The normalized spacial score (nSPS) is 10.5. The molecule has 4 nitrogen and oxygen atoms in total. The summed E-state index contributed by atoms with van der Waals surface area (Å²) in [5, 5.41) is 2.70. The highest BCUT2D eigenvalue weighted by atomic mass is 79.9. The number of amides is 1. The van der Waals surface area contributed by atoms with Gasteiger partial charge in [-0.1, -0.05) is 0 Å². The largest absolute Gasteiger partial charge is 0.435 e. The summed E-state index contributed by atoms with van der Waals surface area (Å²) in [5.74, 6) is -0.353. The Hall–Kier alpha value is -2.02. The first-order valence-electron chi connectivity index (χ1n) is 5.95. The summed E-state index contributed by atoms with van der Waals surface area (Å²) in [6.07, 6.45) is 0. The minimum absolute atomic E-state index is 0.00281. The molecule has 2 aromatic rings. The quantitative estimate of drug-likeness (QED) is 0.842. The van der Waals surface area contributed by atoms with Crippen molar-refractivity contribution in [3.05, 3.63) is 52.3 Å². The summed E-state index contributed by atoms with van der Waals surface area (Å²) < 4.78 is 29.0. The molecule has 110 valence electrons. The number of alkyl halides is 2. The van der Waals surface area contributed by atoms with Crippen LogP contribution in [0.5, 0.6) is 5.75 Å². The van der Waals surface area contributed by atoms with Gasteiger partial charge in [0.25, 0.3) is 5.91 Å². The minimum Gasteiger partial charge on any atom is -0.435 e. The zero-order valence-corrected chi connectivity index (χ0v) is 12.5. The molecule has 0 unspecified atom stereocenters. The Kier molecular flexibility index (Phi) is 4.85. The minimum atomic E-state index is -2.89. The van der Waals surface area contributed by atoms with E-state index >= 15 is 0 Å². The number of hydrogen-bond donors (Lipinski definition) is 1. The second-order valence-corrected chi connectivity index (χ2v) is 4.94. The van der Waals surface area contributed by atoms with E-state index in [1.54, 1.807) is 19.1 Å². The van der Waals surface area contributed by atoms with Gasteiger partial charge in [-0.2, -0.15) is 8.78 Å². The fraction of sp³-hybridized carbons (Fsp3) is 0.143. The molecule has 21 heavy (non-hydrogen) atoms. The summed E-state index contributed by atoms with van der Waals surface area (Å²) in [7, 11) is 0. The number of anilines is 1. The van der Waals surface area contributed by atoms with Gasteiger partial charge in [-0.05, 0) is 59.3 Å². The van der Waals surface area contributed by atoms with Gasteiger partial charge in [-0.15, -0.1) is 0 Å². The molecule has 0 spiro atoms. The van der Waals surface area contributed by atoms with Crippen molar-refractivity contribution < 1.29 is 18.3 Å². The van der Waals surface area contributed by atoms with E-state index in [1.807, 2.05) is 0 Å². The SMILES string of the molecule is Cc1nc(Br)ccc1NC(=O)c1ccc(OC(F)F)cc1. The molecule has 1 N–H and O–H groups in total. The van der Waals surface area contributed by atoms with E-state index < -0.39 is 6.61 Å². The number of aryl methyl sites for hydroxylation is 1. The van der Waals surface area contributed by atoms with Crippen LogP contribution in [0.3, 0.4) is 0 Å². The van der Waals surface area contributed by atoms with Crippen LogP contribution < -0.4 is 10.1 Å². The molecule has 1 aromatic heterocycles. The molecular formula is C14H11BrF2N2O2. The number of pyridine rings is 1. The summed E-state index contributed by atoms with van der Waals surface area (Å²) in [6.45, 7) is -1.12. The Bertz CT molecular complexity index is 648. The van der Waals surface area contributed by atoms with Gasteiger partial charge in [-0.25, -0.2) is 4.98 Å². The molecule has 0 saturated carbocycles. The smallest absolute Gasteiger partial charge is 0.387 e. The fourth-order valence-electron chi connectivity index (χ4n) is 1.64. The molecule has 0 atom stereocenters. The van der Waals surface area contributed by atoms with E-state index in [1.165, 1.54) is 24.3 Å². The lowest BCUT2D eigenvalue weighted by Crippen LogP contribution is -2.13. The maximum atomic E-state index is 12.0. The highest BCUT2D eigenvalue weighted by molar-refractivity contribution is 9.10. The van der Waals surface area contributed by atoms with E-state index in [2.05, 4.69) is 31.0 Å². The standard InChI is InChI=1S/C14H11BrF2N2O2/c1-8-11(6-7-12(15)18-8)19-13(20)9-2-4-10(5-3-9)21-14(16)17/h2-7,14H,1H3,(H,19,20). The Morgan fingerprint density at radius 2 is 1.90 bits per heavy atom. The maximum absolute atomic E-state index is 12.0. The Morgan fingerprint density at radius 1 is 1.24 bits per heavy atom. The second-order valence-electron chi connectivity index (χ2n) is 4.12. The zero-order valence-electron chi connectivity index (χ0n) is 10.9. The van der Waals surface area contributed by atoms with Crippen LogP contribution in [-0.4, -0.2) is 17.5 Å². The number of nitrogens with one attached hydrogen (secondary N) is 1. The molecule has 1 heterocycles. The van der Waals surface area contributed by atoms with E-state index in [0.29, 0.717) is 21.5 Å². The highest BCUT2D eigenvalue weighted by Crippen LogP contribution is 2.19. The molecular weight excluding hydrogens is 346 g/mol. The van der Waals surface area contributed by atoms with E-state index in [0.717, 1.165) is 0 Å². The summed E-state index contributed by atoms with van der Waals surface area (Å²) in [5.41, 5.74) is 1.57. The van der Waals surface area contributed by atoms with Crippen LogP contribution in [0.15, 0.2) is 41.0 Å². The van der Waals surface area contributed by atoms with Gasteiger partial charge in [0.2, 0.25) is 0 Å². The molecule has 0 saturated heterocycles. The third-order valence-electron chi connectivity index (χ3n) is 2.64. The number of hydrogen-bond acceptors (Lipinski definition) is 3. The van der Waals surface area contributed by atoms with Crippen LogP contribution in [-0.2, 0) is 0 Å². The fourth-order valence-corrected chi connectivity index (χ4v) is 2.04. The Morgan fingerprint density at radius 3 is 2.48 bits per heavy atom. The van der Waals surface area contributed by atoms with Crippen molar-refractivity contribution in [2.45, 2.75) is 13.5 Å². The summed E-state index contributed by atoms with van der Waals surface area (Å²) in [6, 6.07) is 8.88. The Labute approximate surface area is 128 Å². The van der Waals surface area contributed by atoms with Crippen molar-refractivity contribution in [1.29, 1.82) is 0 Å². The monoisotopic (exact) mass is 356 g/mol. The number of carbonyl (C=O) groups excluding carboxylic acids is 1. The average Bonchev–Trinajstić information content (AvgIpc) is 2.42. The van der Waals surface area contributed by atoms with Gasteiger partial charge < -0.3 is 10.1 Å². The van der Waals surface area contributed by atoms with Gasteiger partial charge in [0.15, 0.2) is 0 Å². The number of benzene rings is 1. The van der Waals surface area contributed by atoms with Crippen molar-refractivity contribution in [2.75, 3.05) is 5.32 Å². The maximum Gasteiger partial charge on any atom is 0.387 e. The first-order chi connectivity index (χ1) is 9.95. The number of halogens is 3. The second kappa shape index (κ2) is 6.62. The third kappa shape index (κ3) is 4.22. The number of aromatic nitrogens is 1. The average molecular weight is 357 g/mol. The van der Waals surface area contributed by atoms with Crippen LogP contribution in [0.25, 0.3) is 0 Å². The van der Waals surface area contributed by atoms with Crippen molar-refractivity contribution in [2.24, 2.45) is 0 Å². The number of ether oxygens (including phenoxy) is 1. The molecule has 0 aliphatic heterocycles. The van der Waals surface area contributed by atoms with Crippen molar-refractivity contribution in [3.63, 3.8) is 0 Å². The van der Waals surface area contributed by atoms with E-state index in [9.17, 15) is 13.6 Å². The number of rotatable bonds is 4. The molecule has 0 aliphatic rings. The third-order valence-corrected chi connectivity index (χ3v) is 3.08. The van der Waals surface area contributed by atoms with Gasteiger partial charge >= 0.3 is 6.61 Å². The molecule has 0 bridgehead atoms. The molecule has 2 rings (SSSR count). The van der Waals surface area contributed by atoms with Crippen molar-refractivity contribution in [3.8, 4) is 5.75 Å². The van der Waals surface area contributed by atoms with E-state index in [-0.39, 0.29) is 11.7 Å². The van der Waals surface area contributed by atoms with Crippen molar-refractivity contribution >= 4 is 27.5 Å². The Balaban J connectivity index is 2.09. The molecule has 7 heteroatoms. The predicted octanol–water partition coefficient (Wildman–Crippen LogP) is 4.01. The first kappa shape index (κ1) is 15.4. The van der Waals surface area contributed by atoms with Crippen LogP contribution in [0.1, 0.15) is 16.1 Å². The highest BCUT2D eigenvalue weighted by Gasteiger charge is 2.10. The molecule has 1 amide bonds. The summed E-state index contributed by atoms with van der Waals surface area (Å²) >= 11 is 3.24. The molecule has 0 radical (unpaired) electrons. The lowest BCUT2D eigenvalue weighted by atomic mass is 10.2. The zero-order chi connectivity index (χ0) is 15.4. The number of carbonyl (C=O) groups is 1. The van der Waals surface area contributed by atoms with Crippen LogP contribution in [0, 0.1) is 6.92 Å². The van der Waals surface area contributed by atoms with Gasteiger partial charge in [-0.3, -0.25) is 4.79 Å². The van der Waals surface area contributed by atoms with Gasteiger partial charge in [0.05, 0.1) is 11.4 Å². The van der Waals surface area contributed by atoms with Crippen LogP contribution in [0.4, 0.5) is 14.5 Å². The van der Waals surface area contributed by atoms with Crippen LogP contribution >= 0.6 is 15.9 Å². The topological polar surface area (TPSA) is 51.2 Å². The lowest BCUT2D eigenvalue weighted by Gasteiger charge is -2.09. The van der Waals surface area contributed by atoms with Crippen molar-refractivity contribution in [1.82, 2.24) is 4.98 Å². The summed E-state index contributed by atoms with van der Waals surface area (Å²) in [4.78, 5) is 16.2. The van der Waals surface area contributed by atoms with Gasteiger partial charge in [0, 0.05) is 5.56 Å². The van der Waals surface area contributed by atoms with Gasteiger partial charge in [0.1, 0.15) is 10.4 Å². The predicted molar refractivity (Wildman–Crippen MR) is 77.7 cm³/mol. The molecule has 1 aromatic carbocycles. The lowest BCUT2D eigenvalue weighted by molar-refractivity contribution is -0.0498. The molecule has 0 aliphatic carbocycles. The molecule has 0 fully saturated rings. The van der Waals surface area contributed by atoms with E-state index in [4.69, 9.17) is 0 Å². The first-order valence-corrected chi connectivity index (χ1v) is 6.74. The number of nitrogens with zero attached hydrogens (tertiary/aromatic N) is 1. The van der Waals surface area contributed by atoms with Crippen LogP contribution in [0.2, 0.25) is 0 Å².